The maximum atomic E-state index is 11.9. The Morgan fingerprint density at radius 2 is 1.48 bits per heavy atom. The number of unbranched alkanes of at least 4 members (excludes halogenated alkanes) is 1. The van der Waals surface area contributed by atoms with Gasteiger partial charge in [0.05, 0.1) is 0 Å². The number of phenols is 1. The van der Waals surface area contributed by atoms with Crippen LogP contribution in [0.25, 0.3) is 11.1 Å². The van der Waals surface area contributed by atoms with E-state index in [0.29, 0.717) is 24.0 Å². The summed E-state index contributed by atoms with van der Waals surface area (Å²) in [5.41, 5.74) is 0.638. The SMILES string of the molecule is CCCCc1cc(O)c(S(=O)(=O)O)c(S(=O)(=O)O)c1-c1ccccc1. The molecule has 0 radical (unpaired) electrons. The molecule has 0 aliphatic carbocycles. The Morgan fingerprint density at radius 1 is 0.920 bits per heavy atom. The van der Waals surface area contributed by atoms with Gasteiger partial charge in [0.1, 0.15) is 10.6 Å². The van der Waals surface area contributed by atoms with Gasteiger partial charge in [-0.15, -0.1) is 0 Å². The van der Waals surface area contributed by atoms with Crippen LogP contribution in [0.2, 0.25) is 0 Å². The van der Waals surface area contributed by atoms with Crippen LogP contribution in [-0.4, -0.2) is 31.0 Å². The third-order valence-electron chi connectivity index (χ3n) is 3.68. The third-order valence-corrected chi connectivity index (χ3v) is 5.66. The maximum Gasteiger partial charge on any atom is 0.299 e. The normalized spacial score (nSPS) is 12.3. The van der Waals surface area contributed by atoms with Gasteiger partial charge in [0.2, 0.25) is 0 Å². The molecule has 25 heavy (non-hydrogen) atoms. The Hall–Kier alpha value is -1.94. The summed E-state index contributed by atoms with van der Waals surface area (Å²) in [6.45, 7) is 1.91. The summed E-state index contributed by atoms with van der Waals surface area (Å²) in [4.78, 5) is -2.25. The van der Waals surface area contributed by atoms with E-state index in [2.05, 4.69) is 0 Å². The summed E-state index contributed by atoms with van der Waals surface area (Å²) < 4.78 is 66.2. The van der Waals surface area contributed by atoms with E-state index < -0.39 is 35.8 Å². The quantitative estimate of drug-likeness (QED) is 0.651. The molecule has 2 aromatic carbocycles. The highest BCUT2D eigenvalue weighted by atomic mass is 32.2. The predicted octanol–water partition coefficient (Wildman–Crippen LogP) is 2.90. The van der Waals surface area contributed by atoms with Gasteiger partial charge in [-0.25, -0.2) is 0 Å². The number of aromatic hydroxyl groups is 1. The van der Waals surface area contributed by atoms with E-state index in [1.165, 1.54) is 0 Å². The first-order valence-corrected chi connectivity index (χ1v) is 10.3. The second kappa shape index (κ2) is 7.12. The zero-order valence-corrected chi connectivity index (χ0v) is 15.0. The molecule has 2 aromatic rings. The molecule has 0 atom stereocenters. The molecule has 0 saturated heterocycles. The van der Waals surface area contributed by atoms with E-state index in [9.17, 15) is 31.0 Å². The molecule has 0 aliphatic heterocycles. The molecule has 3 N–H and O–H groups in total. The van der Waals surface area contributed by atoms with Crippen molar-refractivity contribution >= 4 is 20.2 Å². The lowest BCUT2D eigenvalue weighted by Gasteiger charge is -2.17. The van der Waals surface area contributed by atoms with Gasteiger partial charge < -0.3 is 5.11 Å². The highest BCUT2D eigenvalue weighted by Gasteiger charge is 2.33. The lowest BCUT2D eigenvalue weighted by atomic mass is 9.95. The molecule has 0 fully saturated rings. The third kappa shape index (κ3) is 4.18. The van der Waals surface area contributed by atoms with Crippen molar-refractivity contribution in [2.45, 2.75) is 36.0 Å². The van der Waals surface area contributed by atoms with Crippen LogP contribution in [0.15, 0.2) is 46.2 Å². The van der Waals surface area contributed by atoms with E-state index in [1.807, 2.05) is 6.92 Å². The Labute approximate surface area is 146 Å². The Kier molecular flexibility index (Phi) is 5.52. The Bertz CT molecular complexity index is 979. The van der Waals surface area contributed by atoms with Gasteiger partial charge in [0.25, 0.3) is 20.2 Å². The molecule has 0 aromatic heterocycles. The lowest BCUT2D eigenvalue weighted by Crippen LogP contribution is -2.12. The molecule has 7 nitrogen and oxygen atoms in total. The van der Waals surface area contributed by atoms with E-state index in [1.54, 1.807) is 30.3 Å². The first-order chi connectivity index (χ1) is 11.6. The zero-order chi connectivity index (χ0) is 18.8. The van der Waals surface area contributed by atoms with Gasteiger partial charge in [-0.2, -0.15) is 16.8 Å². The summed E-state index contributed by atoms with van der Waals surface area (Å²) in [5.74, 6) is -0.930. The number of aryl methyl sites for hydroxylation is 1. The van der Waals surface area contributed by atoms with Crippen molar-refractivity contribution in [1.29, 1.82) is 0 Å². The number of hydrogen-bond acceptors (Lipinski definition) is 5. The fourth-order valence-corrected chi connectivity index (χ4v) is 4.80. The van der Waals surface area contributed by atoms with E-state index in [-0.39, 0.29) is 5.56 Å². The molecule has 0 aliphatic rings. The zero-order valence-electron chi connectivity index (χ0n) is 13.4. The van der Waals surface area contributed by atoms with E-state index >= 15 is 0 Å². The summed E-state index contributed by atoms with van der Waals surface area (Å²) in [6, 6.07) is 9.12. The van der Waals surface area contributed by atoms with Crippen LogP contribution >= 0.6 is 0 Å². The fraction of sp³-hybridized carbons (Fsp3) is 0.250. The molecule has 9 heteroatoms. The van der Waals surface area contributed by atoms with Crippen LogP contribution in [0, 0.1) is 0 Å². The van der Waals surface area contributed by atoms with Crippen LogP contribution < -0.4 is 0 Å². The number of rotatable bonds is 6. The predicted molar refractivity (Wildman–Crippen MR) is 91.8 cm³/mol. The van der Waals surface area contributed by atoms with Gasteiger partial charge in [0, 0.05) is 5.56 Å². The van der Waals surface area contributed by atoms with Gasteiger partial charge in [-0.3, -0.25) is 9.11 Å². The average Bonchev–Trinajstić information content (AvgIpc) is 2.50. The van der Waals surface area contributed by atoms with Crippen LogP contribution in [0.5, 0.6) is 5.75 Å². The van der Waals surface area contributed by atoms with Crippen molar-refractivity contribution in [3.05, 3.63) is 42.0 Å². The van der Waals surface area contributed by atoms with Crippen molar-refractivity contribution in [2.24, 2.45) is 0 Å². The molecular formula is C16H18O7S2. The van der Waals surface area contributed by atoms with Gasteiger partial charge in [-0.1, -0.05) is 43.7 Å². The molecule has 0 heterocycles. The maximum absolute atomic E-state index is 11.9. The smallest absolute Gasteiger partial charge is 0.299 e. The highest BCUT2D eigenvalue weighted by Crippen LogP contribution is 2.41. The minimum Gasteiger partial charge on any atom is -0.506 e. The van der Waals surface area contributed by atoms with Crippen molar-refractivity contribution < 1.29 is 31.0 Å². The fourth-order valence-electron chi connectivity index (χ4n) is 2.66. The summed E-state index contributed by atoms with van der Waals surface area (Å²) >= 11 is 0. The van der Waals surface area contributed by atoms with Crippen LogP contribution in [-0.2, 0) is 26.7 Å². The van der Waals surface area contributed by atoms with Crippen LogP contribution in [0.1, 0.15) is 25.3 Å². The van der Waals surface area contributed by atoms with Crippen molar-refractivity contribution in [3.63, 3.8) is 0 Å². The van der Waals surface area contributed by atoms with Crippen molar-refractivity contribution in [3.8, 4) is 16.9 Å². The summed E-state index contributed by atoms with van der Waals surface area (Å²) in [5, 5.41) is 10.0. The first-order valence-electron chi connectivity index (χ1n) is 7.46. The number of benzene rings is 2. The standard InChI is InChI=1S/C16H18O7S2/c1-2-3-7-12-10-13(17)15(24(18,19)20)16(25(21,22)23)14(12)11-8-5-4-6-9-11/h4-6,8-10,17H,2-3,7H2,1H3,(H,18,19,20)(H,21,22,23). The monoisotopic (exact) mass is 386 g/mol. The van der Waals surface area contributed by atoms with Crippen molar-refractivity contribution in [1.82, 2.24) is 0 Å². The summed E-state index contributed by atoms with van der Waals surface area (Å²) in [7, 11) is -10.2. The summed E-state index contributed by atoms with van der Waals surface area (Å²) in [6.07, 6.45) is 1.77. The number of hydrogen-bond donors (Lipinski definition) is 3. The number of phenolic OH excluding ortho intramolecular Hbond substituents is 1. The molecule has 0 amide bonds. The molecule has 0 bridgehead atoms. The van der Waals surface area contributed by atoms with Crippen LogP contribution in [0.4, 0.5) is 0 Å². The second-order valence-corrected chi connectivity index (χ2v) is 8.22. The van der Waals surface area contributed by atoms with Crippen LogP contribution in [0.3, 0.4) is 0 Å². The van der Waals surface area contributed by atoms with Gasteiger partial charge >= 0.3 is 0 Å². The minimum atomic E-state index is -5.10. The Balaban J connectivity index is 3.03. The van der Waals surface area contributed by atoms with Crippen molar-refractivity contribution in [2.75, 3.05) is 0 Å². The van der Waals surface area contributed by atoms with E-state index in [0.717, 1.165) is 12.5 Å². The lowest BCUT2D eigenvalue weighted by molar-refractivity contribution is 0.430. The molecule has 136 valence electrons. The second-order valence-electron chi connectivity index (χ2n) is 5.51. The highest BCUT2D eigenvalue weighted by molar-refractivity contribution is 7.89. The molecule has 0 unspecified atom stereocenters. The topological polar surface area (TPSA) is 129 Å². The molecule has 0 spiro atoms. The first kappa shape index (κ1) is 19.4. The Morgan fingerprint density at radius 3 is 1.96 bits per heavy atom. The molecular weight excluding hydrogens is 368 g/mol. The van der Waals surface area contributed by atoms with Gasteiger partial charge in [0.15, 0.2) is 4.90 Å². The molecule has 2 rings (SSSR count). The van der Waals surface area contributed by atoms with E-state index in [4.69, 9.17) is 0 Å². The van der Waals surface area contributed by atoms with Gasteiger partial charge in [-0.05, 0) is 30.0 Å². The largest absolute Gasteiger partial charge is 0.506 e. The molecule has 0 saturated carbocycles. The average molecular weight is 386 g/mol. The minimum absolute atomic E-state index is 0.0537.